The highest BCUT2D eigenvalue weighted by Gasteiger charge is 2.42. The van der Waals surface area contributed by atoms with Crippen molar-refractivity contribution in [3.8, 4) is 0 Å². The van der Waals surface area contributed by atoms with Crippen LogP contribution in [0.2, 0.25) is 0 Å². The van der Waals surface area contributed by atoms with Crippen molar-refractivity contribution in [3.63, 3.8) is 0 Å². The van der Waals surface area contributed by atoms with Gasteiger partial charge in [-0.25, -0.2) is 4.79 Å². The molecule has 4 atom stereocenters. The van der Waals surface area contributed by atoms with Gasteiger partial charge in [-0.2, -0.15) is 4.98 Å². The van der Waals surface area contributed by atoms with Gasteiger partial charge in [-0.1, -0.05) is 0 Å². The number of aromatic nitrogens is 2. The number of hydrogen-bond donors (Lipinski definition) is 4. The van der Waals surface area contributed by atoms with Crippen molar-refractivity contribution in [1.82, 2.24) is 9.55 Å². The highest BCUT2D eigenvalue weighted by atomic mass is 16.3. The maximum absolute atomic E-state index is 11.6. The van der Waals surface area contributed by atoms with E-state index < -0.39 is 23.9 Å². The van der Waals surface area contributed by atoms with E-state index in [1.807, 2.05) is 0 Å². The second-order valence-electron chi connectivity index (χ2n) is 4.27. The van der Waals surface area contributed by atoms with Crippen LogP contribution in [0.5, 0.6) is 0 Å². The van der Waals surface area contributed by atoms with E-state index >= 15 is 0 Å². The molecule has 0 aliphatic heterocycles. The minimum atomic E-state index is -1.09. The summed E-state index contributed by atoms with van der Waals surface area (Å²) < 4.78 is 1.21. The van der Waals surface area contributed by atoms with Crippen molar-refractivity contribution in [3.05, 3.63) is 22.7 Å². The van der Waals surface area contributed by atoms with Crippen LogP contribution in [0, 0.1) is 5.92 Å². The first-order valence-electron chi connectivity index (χ1n) is 5.36. The van der Waals surface area contributed by atoms with Crippen molar-refractivity contribution < 1.29 is 15.3 Å². The Bertz CT molecular complexity index is 461. The molecule has 94 valence electrons. The Labute approximate surface area is 97.1 Å². The van der Waals surface area contributed by atoms with Crippen molar-refractivity contribution in [2.75, 3.05) is 12.3 Å². The summed E-state index contributed by atoms with van der Waals surface area (Å²) in [4.78, 5) is 15.2. The molecule has 1 heterocycles. The summed E-state index contributed by atoms with van der Waals surface area (Å²) in [6, 6.07) is 0.767. The standard InChI is InChI=1S/C10H15N3O4/c11-7-1-2-13(10(17)12-7)8-5(4-14)3-6(15)9(8)16/h1-2,5-6,8-9,14-16H,3-4H2,(H2,11,12,17)/t5-,6+,8+,9+/m0/s1. The summed E-state index contributed by atoms with van der Waals surface area (Å²) in [5, 5.41) is 28.6. The number of nitrogens with two attached hydrogens (primary N) is 1. The van der Waals surface area contributed by atoms with Gasteiger partial charge in [-0.3, -0.25) is 4.57 Å². The van der Waals surface area contributed by atoms with Gasteiger partial charge in [0.15, 0.2) is 0 Å². The zero-order chi connectivity index (χ0) is 12.6. The third-order valence-electron chi connectivity index (χ3n) is 3.18. The van der Waals surface area contributed by atoms with E-state index in [1.165, 1.54) is 16.8 Å². The molecule has 0 saturated heterocycles. The Morgan fingerprint density at radius 3 is 2.82 bits per heavy atom. The van der Waals surface area contributed by atoms with Crippen LogP contribution in [0.15, 0.2) is 17.1 Å². The molecule has 0 radical (unpaired) electrons. The number of nitrogen functional groups attached to an aromatic ring is 1. The molecule has 1 saturated carbocycles. The molecule has 7 heteroatoms. The number of nitrogens with zero attached hydrogens (tertiary/aromatic N) is 2. The summed E-state index contributed by atoms with van der Waals surface area (Å²) >= 11 is 0. The van der Waals surface area contributed by atoms with Crippen LogP contribution >= 0.6 is 0 Å². The van der Waals surface area contributed by atoms with Crippen LogP contribution in [0.1, 0.15) is 12.5 Å². The van der Waals surface area contributed by atoms with Gasteiger partial charge in [0.1, 0.15) is 11.9 Å². The third kappa shape index (κ3) is 2.04. The molecule has 7 nitrogen and oxygen atoms in total. The first kappa shape index (κ1) is 12.0. The predicted molar refractivity (Wildman–Crippen MR) is 59.2 cm³/mol. The Kier molecular flexibility index (Phi) is 3.14. The molecule has 0 unspecified atom stereocenters. The maximum Gasteiger partial charge on any atom is 0.349 e. The fourth-order valence-corrected chi connectivity index (χ4v) is 2.32. The highest BCUT2D eigenvalue weighted by Crippen LogP contribution is 2.35. The molecule has 17 heavy (non-hydrogen) atoms. The Morgan fingerprint density at radius 1 is 1.53 bits per heavy atom. The number of rotatable bonds is 2. The molecule has 1 aliphatic rings. The molecule has 0 bridgehead atoms. The van der Waals surface area contributed by atoms with Crippen molar-refractivity contribution in [2.24, 2.45) is 5.92 Å². The number of aliphatic hydroxyl groups is 3. The molecule has 1 fully saturated rings. The summed E-state index contributed by atoms with van der Waals surface area (Å²) in [7, 11) is 0. The number of aliphatic hydroxyl groups excluding tert-OH is 3. The molecule has 0 spiro atoms. The summed E-state index contributed by atoms with van der Waals surface area (Å²) in [5.41, 5.74) is 4.77. The average Bonchev–Trinajstić information content (AvgIpc) is 2.56. The average molecular weight is 241 g/mol. The third-order valence-corrected chi connectivity index (χ3v) is 3.18. The summed E-state index contributed by atoms with van der Waals surface area (Å²) in [6.07, 6.45) is -0.366. The first-order chi connectivity index (χ1) is 8.04. The van der Waals surface area contributed by atoms with E-state index in [9.17, 15) is 20.1 Å². The zero-order valence-electron chi connectivity index (χ0n) is 9.10. The first-order valence-corrected chi connectivity index (χ1v) is 5.36. The second-order valence-corrected chi connectivity index (χ2v) is 4.27. The van der Waals surface area contributed by atoms with Crippen LogP contribution in [0.3, 0.4) is 0 Å². The minimum absolute atomic E-state index is 0.0971. The van der Waals surface area contributed by atoms with Crippen molar-refractivity contribution >= 4 is 5.82 Å². The Morgan fingerprint density at radius 2 is 2.24 bits per heavy atom. The maximum atomic E-state index is 11.6. The fourth-order valence-electron chi connectivity index (χ4n) is 2.32. The smallest absolute Gasteiger partial charge is 0.349 e. The van der Waals surface area contributed by atoms with Gasteiger partial charge >= 0.3 is 5.69 Å². The fraction of sp³-hybridized carbons (Fsp3) is 0.600. The van der Waals surface area contributed by atoms with Crippen LogP contribution in [-0.4, -0.2) is 43.7 Å². The van der Waals surface area contributed by atoms with Crippen LogP contribution in [0.4, 0.5) is 5.82 Å². The Hall–Kier alpha value is -1.44. The number of hydrogen-bond acceptors (Lipinski definition) is 6. The van der Waals surface area contributed by atoms with E-state index in [1.54, 1.807) is 0 Å². The number of anilines is 1. The summed E-state index contributed by atoms with van der Waals surface area (Å²) in [5.74, 6) is -0.275. The van der Waals surface area contributed by atoms with Crippen molar-refractivity contribution in [1.29, 1.82) is 0 Å². The monoisotopic (exact) mass is 241 g/mol. The van der Waals surface area contributed by atoms with Gasteiger partial charge in [-0.05, 0) is 12.5 Å². The lowest BCUT2D eigenvalue weighted by Gasteiger charge is -2.22. The van der Waals surface area contributed by atoms with E-state index in [2.05, 4.69) is 4.98 Å². The predicted octanol–water partition coefficient (Wildman–Crippen LogP) is -1.90. The molecule has 1 aromatic rings. The van der Waals surface area contributed by atoms with E-state index in [0.717, 1.165) is 0 Å². The van der Waals surface area contributed by atoms with Gasteiger partial charge < -0.3 is 21.1 Å². The minimum Gasteiger partial charge on any atom is -0.396 e. The molecule has 5 N–H and O–H groups in total. The lowest BCUT2D eigenvalue weighted by atomic mass is 10.0. The second kappa shape index (κ2) is 4.44. The van der Waals surface area contributed by atoms with Gasteiger partial charge in [0.25, 0.3) is 0 Å². The van der Waals surface area contributed by atoms with E-state index in [0.29, 0.717) is 0 Å². The summed E-state index contributed by atoms with van der Waals surface area (Å²) in [6.45, 7) is -0.213. The molecular formula is C10H15N3O4. The van der Waals surface area contributed by atoms with E-state index in [4.69, 9.17) is 5.73 Å². The highest BCUT2D eigenvalue weighted by molar-refractivity contribution is 5.23. The van der Waals surface area contributed by atoms with Crippen LogP contribution in [-0.2, 0) is 0 Å². The SMILES string of the molecule is Nc1ccn([C@@H]2[C@H](CO)C[C@@H](O)[C@H]2O)c(=O)n1. The molecule has 2 rings (SSSR count). The molecule has 1 aromatic heterocycles. The molecule has 1 aliphatic carbocycles. The lowest BCUT2D eigenvalue weighted by molar-refractivity contribution is 0.0202. The normalized spacial score (nSPS) is 32.9. The topological polar surface area (TPSA) is 122 Å². The molecule has 0 aromatic carbocycles. The quantitative estimate of drug-likeness (QED) is 0.480. The van der Waals surface area contributed by atoms with Gasteiger partial charge in [0.05, 0.1) is 12.1 Å². The Balaban J connectivity index is 2.40. The molecular weight excluding hydrogens is 226 g/mol. The van der Waals surface area contributed by atoms with Crippen molar-refractivity contribution in [2.45, 2.75) is 24.7 Å². The lowest BCUT2D eigenvalue weighted by Crippen LogP contribution is -2.36. The van der Waals surface area contributed by atoms with Gasteiger partial charge in [0, 0.05) is 18.7 Å². The van der Waals surface area contributed by atoms with Crippen LogP contribution < -0.4 is 11.4 Å². The largest absolute Gasteiger partial charge is 0.396 e. The van der Waals surface area contributed by atoms with E-state index in [-0.39, 0.29) is 24.8 Å². The van der Waals surface area contributed by atoms with Gasteiger partial charge in [0.2, 0.25) is 0 Å². The van der Waals surface area contributed by atoms with Crippen LogP contribution in [0.25, 0.3) is 0 Å². The zero-order valence-corrected chi connectivity index (χ0v) is 9.10. The molecule has 0 amide bonds. The van der Waals surface area contributed by atoms with Gasteiger partial charge in [-0.15, -0.1) is 0 Å².